The van der Waals surface area contributed by atoms with Gasteiger partial charge in [-0.1, -0.05) is 30.5 Å². The number of thioether (sulfide) groups is 1. The molecule has 2 heteroatoms. The lowest BCUT2D eigenvalue weighted by Gasteiger charge is -2.05. The highest BCUT2D eigenvalue weighted by Crippen LogP contribution is 2.26. The molecule has 1 nitrogen and oxygen atoms in total. The number of rotatable bonds is 3. The predicted molar refractivity (Wildman–Crippen MR) is 61.7 cm³/mol. The normalized spacial score (nSPS) is 18.4. The van der Waals surface area contributed by atoms with Crippen LogP contribution in [0.1, 0.15) is 19.8 Å². The fraction of sp³-hybridized carbons (Fsp3) is 0.455. The minimum absolute atomic E-state index is 1.08. The lowest BCUT2D eigenvalue weighted by atomic mass is 10.1. The molecule has 0 saturated heterocycles. The Bertz CT molecular complexity index is 228. The average molecular weight is 195 g/mol. The third-order valence-electron chi connectivity index (χ3n) is 1.99. The average Bonchev–Trinajstić information content (AvgIpc) is 2.42. The number of hydrogen-bond donors (Lipinski definition) is 1. The van der Waals surface area contributed by atoms with Crippen molar-refractivity contribution >= 4 is 11.8 Å². The molecular formula is C11H17NS. The quantitative estimate of drug-likeness (QED) is 0.742. The maximum Gasteiger partial charge on any atom is 0.00732 e. The maximum atomic E-state index is 4.07. The van der Waals surface area contributed by atoms with Gasteiger partial charge in [0.15, 0.2) is 0 Å². The van der Waals surface area contributed by atoms with E-state index >= 15 is 0 Å². The Morgan fingerprint density at radius 2 is 2.46 bits per heavy atom. The van der Waals surface area contributed by atoms with E-state index in [4.69, 9.17) is 0 Å². The SMILES string of the molecule is C=C(S/C=C\C)C1=CCCNCC1. The molecule has 1 heterocycles. The Balaban J connectivity index is 2.48. The lowest BCUT2D eigenvalue weighted by Crippen LogP contribution is -2.13. The van der Waals surface area contributed by atoms with Gasteiger partial charge in [-0.3, -0.25) is 0 Å². The summed E-state index contributed by atoms with van der Waals surface area (Å²) in [7, 11) is 0. The van der Waals surface area contributed by atoms with Crippen molar-refractivity contribution in [2.45, 2.75) is 19.8 Å². The monoisotopic (exact) mass is 195 g/mol. The standard InChI is InChI=1S/C11H17NS/c1-3-9-13-10(2)11-5-4-7-12-8-6-11/h3,5,9,12H,2,4,6-8H2,1H3/b9-3-. The van der Waals surface area contributed by atoms with Gasteiger partial charge in [0.2, 0.25) is 0 Å². The van der Waals surface area contributed by atoms with Gasteiger partial charge in [0.1, 0.15) is 0 Å². The Labute approximate surface area is 85.0 Å². The van der Waals surface area contributed by atoms with Crippen LogP contribution in [0.15, 0.2) is 34.6 Å². The molecule has 1 N–H and O–H groups in total. The summed E-state index contributed by atoms with van der Waals surface area (Å²) in [4.78, 5) is 1.20. The van der Waals surface area contributed by atoms with E-state index in [2.05, 4.69) is 23.4 Å². The lowest BCUT2D eigenvalue weighted by molar-refractivity contribution is 0.712. The molecule has 1 aliphatic heterocycles. The van der Waals surface area contributed by atoms with E-state index in [1.54, 1.807) is 11.8 Å². The molecule has 0 aliphatic carbocycles. The summed E-state index contributed by atoms with van der Waals surface area (Å²) in [5.41, 5.74) is 1.41. The van der Waals surface area contributed by atoms with Crippen LogP contribution in [-0.4, -0.2) is 13.1 Å². The van der Waals surface area contributed by atoms with Gasteiger partial charge in [-0.05, 0) is 43.8 Å². The van der Waals surface area contributed by atoms with Gasteiger partial charge < -0.3 is 5.32 Å². The fourth-order valence-electron chi connectivity index (χ4n) is 1.28. The second kappa shape index (κ2) is 6.06. The first-order valence-electron chi connectivity index (χ1n) is 4.71. The first kappa shape index (κ1) is 10.6. The smallest absolute Gasteiger partial charge is 0.00732 e. The molecular weight excluding hydrogens is 178 g/mol. The van der Waals surface area contributed by atoms with Gasteiger partial charge in [0, 0.05) is 4.91 Å². The Hall–Kier alpha value is -0.470. The van der Waals surface area contributed by atoms with Crippen molar-refractivity contribution in [2.75, 3.05) is 13.1 Å². The van der Waals surface area contributed by atoms with Crippen molar-refractivity contribution in [3.05, 3.63) is 34.6 Å². The molecule has 0 spiro atoms. The van der Waals surface area contributed by atoms with Crippen molar-refractivity contribution in [1.29, 1.82) is 0 Å². The molecule has 0 bridgehead atoms. The molecule has 1 aliphatic rings. The van der Waals surface area contributed by atoms with Crippen LogP contribution >= 0.6 is 11.8 Å². The third kappa shape index (κ3) is 3.83. The van der Waals surface area contributed by atoms with Crippen LogP contribution in [-0.2, 0) is 0 Å². The van der Waals surface area contributed by atoms with Crippen molar-refractivity contribution < 1.29 is 0 Å². The topological polar surface area (TPSA) is 12.0 Å². The zero-order valence-corrected chi connectivity index (χ0v) is 8.99. The van der Waals surface area contributed by atoms with Gasteiger partial charge in [-0.2, -0.15) is 0 Å². The molecule has 0 unspecified atom stereocenters. The van der Waals surface area contributed by atoms with Crippen LogP contribution in [0.2, 0.25) is 0 Å². The van der Waals surface area contributed by atoms with Crippen LogP contribution in [0.4, 0.5) is 0 Å². The molecule has 0 atom stereocenters. The second-order valence-corrected chi connectivity index (χ2v) is 4.03. The maximum absolute atomic E-state index is 4.07. The van der Waals surface area contributed by atoms with Crippen LogP contribution in [0, 0.1) is 0 Å². The molecule has 0 aromatic carbocycles. The van der Waals surface area contributed by atoms with Crippen molar-refractivity contribution in [1.82, 2.24) is 5.32 Å². The van der Waals surface area contributed by atoms with Crippen LogP contribution < -0.4 is 5.32 Å². The molecule has 13 heavy (non-hydrogen) atoms. The van der Waals surface area contributed by atoms with Gasteiger partial charge in [-0.15, -0.1) is 0 Å². The largest absolute Gasteiger partial charge is 0.316 e. The molecule has 0 fully saturated rings. The number of hydrogen-bond acceptors (Lipinski definition) is 2. The molecule has 0 saturated carbocycles. The van der Waals surface area contributed by atoms with Crippen molar-refractivity contribution in [2.24, 2.45) is 0 Å². The van der Waals surface area contributed by atoms with E-state index < -0.39 is 0 Å². The van der Waals surface area contributed by atoms with Gasteiger partial charge in [0.05, 0.1) is 0 Å². The third-order valence-corrected chi connectivity index (χ3v) is 2.94. The molecule has 0 aromatic heterocycles. The summed E-state index contributed by atoms with van der Waals surface area (Å²) >= 11 is 1.72. The van der Waals surface area contributed by atoms with Gasteiger partial charge >= 0.3 is 0 Å². The summed E-state index contributed by atoms with van der Waals surface area (Å²) in [5.74, 6) is 0. The zero-order valence-electron chi connectivity index (χ0n) is 8.18. The molecule has 1 rings (SSSR count). The molecule has 0 radical (unpaired) electrons. The van der Waals surface area contributed by atoms with E-state index in [9.17, 15) is 0 Å². The molecule has 72 valence electrons. The summed E-state index contributed by atoms with van der Waals surface area (Å²) in [6.45, 7) is 8.29. The van der Waals surface area contributed by atoms with E-state index in [1.807, 2.05) is 13.0 Å². The van der Waals surface area contributed by atoms with E-state index in [0.29, 0.717) is 0 Å². The summed E-state index contributed by atoms with van der Waals surface area (Å²) in [6, 6.07) is 0. The van der Waals surface area contributed by atoms with Gasteiger partial charge in [-0.25, -0.2) is 0 Å². The minimum atomic E-state index is 1.08. The summed E-state index contributed by atoms with van der Waals surface area (Å²) in [6.07, 6.45) is 6.60. The number of nitrogens with one attached hydrogen (secondary N) is 1. The van der Waals surface area contributed by atoms with Crippen LogP contribution in [0.3, 0.4) is 0 Å². The van der Waals surface area contributed by atoms with Crippen LogP contribution in [0.25, 0.3) is 0 Å². The zero-order chi connectivity index (χ0) is 9.52. The van der Waals surface area contributed by atoms with E-state index in [-0.39, 0.29) is 0 Å². The van der Waals surface area contributed by atoms with Crippen molar-refractivity contribution in [3.8, 4) is 0 Å². The second-order valence-electron chi connectivity index (χ2n) is 3.03. The highest BCUT2D eigenvalue weighted by molar-refractivity contribution is 8.06. The molecule has 0 amide bonds. The van der Waals surface area contributed by atoms with E-state index in [0.717, 1.165) is 25.9 Å². The van der Waals surface area contributed by atoms with Crippen LogP contribution in [0.5, 0.6) is 0 Å². The Kier molecular flexibility index (Phi) is 4.94. The van der Waals surface area contributed by atoms with Crippen molar-refractivity contribution in [3.63, 3.8) is 0 Å². The predicted octanol–water partition coefficient (Wildman–Crippen LogP) is 3.08. The summed E-state index contributed by atoms with van der Waals surface area (Å²) < 4.78 is 0. The fourth-order valence-corrected chi connectivity index (χ4v) is 1.91. The minimum Gasteiger partial charge on any atom is -0.316 e. The van der Waals surface area contributed by atoms with E-state index in [1.165, 1.54) is 10.5 Å². The summed E-state index contributed by atoms with van der Waals surface area (Å²) in [5, 5.41) is 5.45. The first-order chi connectivity index (χ1) is 6.34. The highest BCUT2D eigenvalue weighted by Gasteiger charge is 2.04. The molecule has 0 aromatic rings. The van der Waals surface area contributed by atoms with Gasteiger partial charge in [0.25, 0.3) is 0 Å². The highest BCUT2D eigenvalue weighted by atomic mass is 32.2. The Morgan fingerprint density at radius 3 is 3.23 bits per heavy atom. The first-order valence-corrected chi connectivity index (χ1v) is 5.59. The number of allylic oxidation sites excluding steroid dienone is 2. The Morgan fingerprint density at radius 1 is 1.62 bits per heavy atom.